The van der Waals surface area contributed by atoms with Crippen molar-refractivity contribution in [2.45, 2.75) is 25.7 Å². The van der Waals surface area contributed by atoms with Gasteiger partial charge in [0.1, 0.15) is 0 Å². The molecule has 3 atom stereocenters. The van der Waals surface area contributed by atoms with Gasteiger partial charge in [0.2, 0.25) is 5.89 Å². The maximum absolute atomic E-state index is 5.27. The van der Waals surface area contributed by atoms with E-state index in [2.05, 4.69) is 15.0 Å². The Bertz CT molecular complexity index is 336. The van der Waals surface area contributed by atoms with Crippen molar-refractivity contribution in [1.82, 2.24) is 15.0 Å². The average Bonchev–Trinajstić information content (AvgIpc) is 2.71. The SMILES string of the molecule is Cc1noc(C2CN3CCCC2C3)n1. The van der Waals surface area contributed by atoms with Crippen LogP contribution in [0.4, 0.5) is 0 Å². The number of fused-ring (bicyclic) bond motifs is 2. The highest BCUT2D eigenvalue weighted by molar-refractivity contribution is 5.03. The highest BCUT2D eigenvalue weighted by Gasteiger charge is 2.39. The van der Waals surface area contributed by atoms with E-state index in [1.807, 2.05) is 6.92 Å². The van der Waals surface area contributed by atoms with Gasteiger partial charge in [0, 0.05) is 13.1 Å². The molecule has 0 radical (unpaired) electrons. The molecule has 3 heterocycles. The predicted octanol–water partition coefficient (Wildman–Crippen LogP) is 1.19. The first-order valence-corrected chi connectivity index (χ1v) is 5.35. The molecule has 2 saturated heterocycles. The second-order valence-corrected chi connectivity index (χ2v) is 4.45. The summed E-state index contributed by atoms with van der Waals surface area (Å²) in [7, 11) is 0. The Hall–Kier alpha value is -0.900. The fourth-order valence-electron chi connectivity index (χ4n) is 2.76. The van der Waals surface area contributed by atoms with E-state index in [-0.39, 0.29) is 0 Å². The summed E-state index contributed by atoms with van der Waals surface area (Å²) in [4.78, 5) is 6.86. The van der Waals surface area contributed by atoms with Crippen LogP contribution in [0.2, 0.25) is 0 Å². The summed E-state index contributed by atoms with van der Waals surface area (Å²) in [6, 6.07) is 0. The molecule has 3 rings (SSSR count). The standard InChI is InChI=1S/C10H15N3O/c1-7-11-10(14-12-7)9-6-13-4-2-3-8(9)5-13/h8-9H,2-6H2,1H3. The lowest BCUT2D eigenvalue weighted by Gasteiger charge is -2.21. The molecule has 0 aliphatic carbocycles. The molecule has 2 aliphatic rings. The molecule has 0 spiro atoms. The minimum Gasteiger partial charge on any atom is -0.339 e. The van der Waals surface area contributed by atoms with Crippen LogP contribution < -0.4 is 0 Å². The molecule has 0 aromatic carbocycles. The van der Waals surface area contributed by atoms with Crippen LogP contribution in [0.3, 0.4) is 0 Å². The van der Waals surface area contributed by atoms with Gasteiger partial charge >= 0.3 is 0 Å². The summed E-state index contributed by atoms with van der Waals surface area (Å²) in [6.07, 6.45) is 2.65. The Morgan fingerprint density at radius 1 is 1.43 bits per heavy atom. The highest BCUT2D eigenvalue weighted by atomic mass is 16.5. The van der Waals surface area contributed by atoms with Crippen LogP contribution in [-0.2, 0) is 0 Å². The lowest BCUT2D eigenvalue weighted by molar-refractivity contribution is 0.268. The number of hydrogen-bond donors (Lipinski definition) is 0. The zero-order chi connectivity index (χ0) is 9.54. The van der Waals surface area contributed by atoms with Crippen LogP contribution in [-0.4, -0.2) is 34.7 Å². The van der Waals surface area contributed by atoms with Crippen LogP contribution >= 0.6 is 0 Å². The molecule has 4 heteroatoms. The van der Waals surface area contributed by atoms with Crippen molar-refractivity contribution in [3.05, 3.63) is 11.7 Å². The van der Waals surface area contributed by atoms with Gasteiger partial charge in [-0.25, -0.2) is 0 Å². The van der Waals surface area contributed by atoms with Crippen molar-refractivity contribution >= 4 is 0 Å². The van der Waals surface area contributed by atoms with E-state index in [4.69, 9.17) is 4.52 Å². The predicted molar refractivity (Wildman–Crippen MR) is 50.9 cm³/mol. The van der Waals surface area contributed by atoms with Gasteiger partial charge in [0.05, 0.1) is 5.92 Å². The summed E-state index contributed by atoms with van der Waals surface area (Å²) in [5, 5.41) is 3.87. The van der Waals surface area contributed by atoms with Crippen LogP contribution in [0.25, 0.3) is 0 Å². The van der Waals surface area contributed by atoms with Crippen molar-refractivity contribution in [2.75, 3.05) is 19.6 Å². The van der Waals surface area contributed by atoms with E-state index < -0.39 is 0 Å². The van der Waals surface area contributed by atoms with Gasteiger partial charge in [0.15, 0.2) is 5.82 Å². The van der Waals surface area contributed by atoms with Crippen LogP contribution in [0.15, 0.2) is 4.52 Å². The first kappa shape index (κ1) is 8.41. The van der Waals surface area contributed by atoms with Gasteiger partial charge in [-0.1, -0.05) is 5.16 Å². The Balaban J connectivity index is 1.85. The summed E-state index contributed by atoms with van der Waals surface area (Å²) >= 11 is 0. The molecular weight excluding hydrogens is 178 g/mol. The molecule has 76 valence electrons. The number of nitrogens with zero attached hydrogens (tertiary/aromatic N) is 3. The van der Waals surface area contributed by atoms with Gasteiger partial charge in [-0.3, -0.25) is 0 Å². The van der Waals surface area contributed by atoms with Crippen molar-refractivity contribution < 1.29 is 4.52 Å². The zero-order valence-corrected chi connectivity index (χ0v) is 8.44. The second kappa shape index (κ2) is 3.05. The molecule has 14 heavy (non-hydrogen) atoms. The summed E-state index contributed by atoms with van der Waals surface area (Å²) < 4.78 is 5.27. The maximum atomic E-state index is 5.27. The molecule has 2 bridgehead atoms. The minimum absolute atomic E-state index is 0.499. The monoisotopic (exact) mass is 193 g/mol. The molecule has 1 aromatic heterocycles. The van der Waals surface area contributed by atoms with E-state index in [0.717, 1.165) is 24.2 Å². The first-order chi connectivity index (χ1) is 6.83. The van der Waals surface area contributed by atoms with E-state index in [9.17, 15) is 0 Å². The normalized spacial score (nSPS) is 36.2. The number of aryl methyl sites for hydroxylation is 1. The molecule has 0 amide bonds. The zero-order valence-electron chi connectivity index (χ0n) is 8.44. The van der Waals surface area contributed by atoms with E-state index in [1.165, 1.54) is 25.9 Å². The molecule has 0 N–H and O–H groups in total. The van der Waals surface area contributed by atoms with Crippen LogP contribution in [0.5, 0.6) is 0 Å². The van der Waals surface area contributed by atoms with Crippen molar-refractivity contribution in [1.29, 1.82) is 0 Å². The largest absolute Gasteiger partial charge is 0.339 e. The molecule has 1 aromatic rings. The highest BCUT2D eigenvalue weighted by Crippen LogP contribution is 2.37. The third kappa shape index (κ3) is 1.25. The lowest BCUT2D eigenvalue weighted by atomic mass is 9.91. The van der Waals surface area contributed by atoms with Gasteiger partial charge in [-0.15, -0.1) is 0 Å². The second-order valence-electron chi connectivity index (χ2n) is 4.45. The number of aromatic nitrogens is 2. The minimum atomic E-state index is 0.499. The van der Waals surface area contributed by atoms with E-state index in [0.29, 0.717) is 5.92 Å². The summed E-state index contributed by atoms with van der Waals surface area (Å²) in [5.74, 6) is 2.87. The Morgan fingerprint density at radius 2 is 2.36 bits per heavy atom. The average molecular weight is 193 g/mol. The Morgan fingerprint density at radius 3 is 3.07 bits per heavy atom. The van der Waals surface area contributed by atoms with Crippen molar-refractivity contribution in [2.24, 2.45) is 5.92 Å². The Kier molecular flexibility index (Phi) is 1.83. The van der Waals surface area contributed by atoms with E-state index >= 15 is 0 Å². The van der Waals surface area contributed by atoms with Crippen molar-refractivity contribution in [3.63, 3.8) is 0 Å². The summed E-state index contributed by atoms with van der Waals surface area (Å²) in [5.41, 5.74) is 0. The molecular formula is C10H15N3O. The quantitative estimate of drug-likeness (QED) is 0.671. The fourth-order valence-corrected chi connectivity index (χ4v) is 2.76. The fraction of sp³-hybridized carbons (Fsp3) is 0.800. The first-order valence-electron chi connectivity index (χ1n) is 5.35. The molecule has 0 saturated carbocycles. The van der Waals surface area contributed by atoms with Crippen LogP contribution in [0, 0.1) is 12.8 Å². The summed E-state index contributed by atoms with van der Waals surface area (Å²) in [6.45, 7) is 5.48. The molecule has 2 fully saturated rings. The van der Waals surface area contributed by atoms with Crippen LogP contribution in [0.1, 0.15) is 30.5 Å². The maximum Gasteiger partial charge on any atom is 0.231 e. The smallest absolute Gasteiger partial charge is 0.231 e. The molecule has 4 nitrogen and oxygen atoms in total. The van der Waals surface area contributed by atoms with Gasteiger partial charge in [0.25, 0.3) is 0 Å². The van der Waals surface area contributed by atoms with E-state index in [1.54, 1.807) is 0 Å². The topological polar surface area (TPSA) is 42.2 Å². The van der Waals surface area contributed by atoms with Gasteiger partial charge < -0.3 is 9.42 Å². The van der Waals surface area contributed by atoms with Crippen molar-refractivity contribution in [3.8, 4) is 0 Å². The molecule has 2 aliphatic heterocycles. The third-order valence-corrected chi connectivity index (χ3v) is 3.43. The van der Waals surface area contributed by atoms with Gasteiger partial charge in [-0.05, 0) is 32.2 Å². The molecule has 3 unspecified atom stereocenters. The third-order valence-electron chi connectivity index (χ3n) is 3.43. The Labute approximate surface area is 83.3 Å². The number of hydrogen-bond acceptors (Lipinski definition) is 4. The number of rotatable bonds is 1. The lowest BCUT2D eigenvalue weighted by Crippen LogP contribution is -2.25. The number of piperidine rings is 1. The van der Waals surface area contributed by atoms with Gasteiger partial charge in [-0.2, -0.15) is 4.98 Å².